The maximum atomic E-state index is 6.18. The second-order valence-electron chi connectivity index (χ2n) is 5.17. The first kappa shape index (κ1) is 10.8. The zero-order valence-electron chi connectivity index (χ0n) is 9.26. The van der Waals surface area contributed by atoms with Crippen LogP contribution in [0.25, 0.3) is 0 Å². The Hall–Kier alpha value is 0.250. The van der Waals surface area contributed by atoms with Gasteiger partial charge in [0.1, 0.15) is 0 Å². The molecule has 1 aliphatic carbocycles. The molecule has 0 aromatic heterocycles. The van der Waals surface area contributed by atoms with Crippen molar-refractivity contribution in [2.75, 3.05) is 6.61 Å². The topological polar surface area (TPSA) is 9.23 Å². The van der Waals surface area contributed by atoms with Gasteiger partial charge in [-0.15, -0.1) is 11.6 Å². The minimum Gasteiger partial charge on any atom is -0.375 e. The molecule has 2 aliphatic rings. The molecule has 0 aromatic carbocycles. The van der Waals surface area contributed by atoms with Crippen LogP contribution in [0, 0.1) is 11.8 Å². The Morgan fingerprint density at radius 3 is 2.57 bits per heavy atom. The van der Waals surface area contributed by atoms with Crippen molar-refractivity contribution in [1.82, 2.24) is 0 Å². The van der Waals surface area contributed by atoms with Gasteiger partial charge in [0.05, 0.1) is 5.60 Å². The lowest BCUT2D eigenvalue weighted by atomic mass is 9.69. The van der Waals surface area contributed by atoms with Gasteiger partial charge in [-0.05, 0) is 50.9 Å². The second kappa shape index (κ2) is 4.02. The fourth-order valence-corrected chi connectivity index (χ4v) is 3.01. The molecule has 1 spiro atoms. The molecule has 0 amide bonds. The standard InChI is InChI=1S/C12H21ClO/c1-9(10(2)13)11-4-7-14-12(8-11)5-3-6-12/h9-11H,3-8H2,1-2H3. The number of alkyl halides is 1. The van der Waals surface area contributed by atoms with Gasteiger partial charge < -0.3 is 4.74 Å². The van der Waals surface area contributed by atoms with Crippen molar-refractivity contribution in [3.8, 4) is 0 Å². The summed E-state index contributed by atoms with van der Waals surface area (Å²) >= 11 is 6.18. The highest BCUT2D eigenvalue weighted by atomic mass is 35.5. The van der Waals surface area contributed by atoms with E-state index in [-0.39, 0.29) is 5.60 Å². The largest absolute Gasteiger partial charge is 0.375 e. The van der Waals surface area contributed by atoms with Crippen LogP contribution in [-0.4, -0.2) is 17.6 Å². The van der Waals surface area contributed by atoms with Crippen LogP contribution in [0.3, 0.4) is 0 Å². The Balaban J connectivity index is 1.93. The predicted octanol–water partition coefficient (Wildman–Crippen LogP) is 3.60. The third kappa shape index (κ3) is 1.94. The Morgan fingerprint density at radius 2 is 2.07 bits per heavy atom. The van der Waals surface area contributed by atoms with Gasteiger partial charge in [0.2, 0.25) is 0 Å². The van der Waals surface area contributed by atoms with Gasteiger partial charge in [0.25, 0.3) is 0 Å². The van der Waals surface area contributed by atoms with Crippen LogP contribution in [0.4, 0.5) is 0 Å². The van der Waals surface area contributed by atoms with E-state index in [1.807, 2.05) is 0 Å². The highest BCUT2D eigenvalue weighted by Gasteiger charge is 2.43. The molecule has 1 heterocycles. The maximum Gasteiger partial charge on any atom is 0.0685 e. The molecule has 3 atom stereocenters. The van der Waals surface area contributed by atoms with E-state index in [1.54, 1.807) is 0 Å². The highest BCUT2D eigenvalue weighted by molar-refractivity contribution is 6.20. The minimum atomic E-state index is 0.281. The van der Waals surface area contributed by atoms with Crippen LogP contribution in [0.5, 0.6) is 0 Å². The summed E-state index contributed by atoms with van der Waals surface area (Å²) in [5.74, 6) is 1.43. The van der Waals surface area contributed by atoms with Crippen LogP contribution < -0.4 is 0 Å². The van der Waals surface area contributed by atoms with E-state index in [9.17, 15) is 0 Å². The summed E-state index contributed by atoms with van der Waals surface area (Å²) < 4.78 is 5.92. The molecule has 0 aromatic rings. The number of ether oxygens (including phenoxy) is 1. The van der Waals surface area contributed by atoms with Gasteiger partial charge in [0.15, 0.2) is 0 Å². The number of hydrogen-bond donors (Lipinski definition) is 0. The Bertz CT molecular complexity index is 198. The van der Waals surface area contributed by atoms with Gasteiger partial charge in [-0.25, -0.2) is 0 Å². The van der Waals surface area contributed by atoms with E-state index in [0.717, 1.165) is 12.5 Å². The molecule has 1 aliphatic heterocycles. The summed E-state index contributed by atoms with van der Waals surface area (Å²) in [5, 5.41) is 0.301. The van der Waals surface area contributed by atoms with E-state index in [1.165, 1.54) is 32.1 Å². The van der Waals surface area contributed by atoms with E-state index in [2.05, 4.69) is 13.8 Å². The Labute approximate surface area is 92.2 Å². The zero-order chi connectivity index (χ0) is 10.2. The minimum absolute atomic E-state index is 0.281. The first-order chi connectivity index (χ1) is 6.63. The second-order valence-corrected chi connectivity index (χ2v) is 5.86. The monoisotopic (exact) mass is 216 g/mol. The van der Waals surface area contributed by atoms with Gasteiger partial charge in [-0.2, -0.15) is 0 Å². The summed E-state index contributed by atoms with van der Waals surface area (Å²) in [5.41, 5.74) is 0.281. The normalized spacial score (nSPS) is 34.9. The zero-order valence-corrected chi connectivity index (χ0v) is 10.0. The van der Waals surface area contributed by atoms with Crippen molar-refractivity contribution in [1.29, 1.82) is 0 Å². The van der Waals surface area contributed by atoms with E-state index >= 15 is 0 Å². The van der Waals surface area contributed by atoms with Gasteiger partial charge in [0, 0.05) is 12.0 Å². The predicted molar refractivity (Wildman–Crippen MR) is 59.7 cm³/mol. The molecule has 14 heavy (non-hydrogen) atoms. The van der Waals surface area contributed by atoms with E-state index in [0.29, 0.717) is 11.3 Å². The third-order valence-corrected chi connectivity index (χ3v) is 4.66. The van der Waals surface area contributed by atoms with Gasteiger partial charge in [-0.1, -0.05) is 6.92 Å². The summed E-state index contributed by atoms with van der Waals surface area (Å²) in [4.78, 5) is 0. The molecule has 2 fully saturated rings. The van der Waals surface area contributed by atoms with Gasteiger partial charge >= 0.3 is 0 Å². The molecule has 82 valence electrons. The van der Waals surface area contributed by atoms with E-state index in [4.69, 9.17) is 16.3 Å². The highest BCUT2D eigenvalue weighted by Crippen LogP contribution is 2.46. The maximum absolute atomic E-state index is 6.18. The molecule has 2 rings (SSSR count). The van der Waals surface area contributed by atoms with Crippen molar-refractivity contribution in [3.05, 3.63) is 0 Å². The quantitative estimate of drug-likeness (QED) is 0.641. The third-order valence-electron chi connectivity index (χ3n) is 4.26. The molecule has 3 unspecified atom stereocenters. The number of rotatable bonds is 2. The van der Waals surface area contributed by atoms with Crippen molar-refractivity contribution in [2.24, 2.45) is 11.8 Å². The van der Waals surface area contributed by atoms with Crippen LogP contribution in [0.15, 0.2) is 0 Å². The fraction of sp³-hybridized carbons (Fsp3) is 1.00. The molecule has 0 N–H and O–H groups in total. The van der Waals surface area contributed by atoms with Gasteiger partial charge in [-0.3, -0.25) is 0 Å². The average Bonchev–Trinajstić information content (AvgIpc) is 2.14. The SMILES string of the molecule is CC(Cl)C(C)C1CCOC2(CCC2)C1. The molecule has 1 nitrogen and oxygen atoms in total. The van der Waals surface area contributed by atoms with E-state index < -0.39 is 0 Å². The number of hydrogen-bond acceptors (Lipinski definition) is 1. The summed E-state index contributed by atoms with van der Waals surface area (Å²) in [6, 6.07) is 0. The van der Waals surface area contributed by atoms with Crippen molar-refractivity contribution < 1.29 is 4.74 Å². The molecular weight excluding hydrogens is 196 g/mol. The fourth-order valence-electron chi connectivity index (χ4n) is 2.81. The first-order valence-electron chi connectivity index (χ1n) is 5.91. The van der Waals surface area contributed by atoms with Crippen LogP contribution in [-0.2, 0) is 4.74 Å². The van der Waals surface area contributed by atoms with Crippen LogP contribution in [0.2, 0.25) is 0 Å². The van der Waals surface area contributed by atoms with Crippen molar-refractivity contribution >= 4 is 11.6 Å². The Kier molecular flexibility index (Phi) is 3.09. The van der Waals surface area contributed by atoms with Crippen molar-refractivity contribution in [3.63, 3.8) is 0 Å². The van der Waals surface area contributed by atoms with Crippen molar-refractivity contribution in [2.45, 2.75) is 56.9 Å². The molecule has 1 saturated carbocycles. The molecule has 2 heteroatoms. The number of halogens is 1. The van der Waals surface area contributed by atoms with Crippen LogP contribution in [0.1, 0.15) is 46.0 Å². The lowest BCUT2D eigenvalue weighted by Crippen LogP contribution is -2.47. The lowest BCUT2D eigenvalue weighted by Gasteiger charge is -2.48. The smallest absolute Gasteiger partial charge is 0.0685 e. The summed E-state index contributed by atoms with van der Waals surface area (Å²) in [7, 11) is 0. The molecule has 0 radical (unpaired) electrons. The molecular formula is C12H21ClO. The molecule has 1 saturated heterocycles. The summed E-state index contributed by atoms with van der Waals surface area (Å²) in [6.45, 7) is 5.37. The van der Waals surface area contributed by atoms with Crippen LogP contribution >= 0.6 is 11.6 Å². The average molecular weight is 217 g/mol. The lowest BCUT2D eigenvalue weighted by molar-refractivity contribution is -0.149. The Morgan fingerprint density at radius 1 is 1.36 bits per heavy atom. The summed E-state index contributed by atoms with van der Waals surface area (Å²) in [6.07, 6.45) is 6.39. The molecule has 0 bridgehead atoms. The first-order valence-corrected chi connectivity index (χ1v) is 6.35.